The molecular formula is C15H19F3N2. The average molecular weight is 284 g/mol. The highest BCUT2D eigenvalue weighted by atomic mass is 19.2. The van der Waals surface area contributed by atoms with Gasteiger partial charge in [0.1, 0.15) is 5.82 Å². The van der Waals surface area contributed by atoms with E-state index in [1.165, 1.54) is 12.8 Å². The van der Waals surface area contributed by atoms with Crippen LogP contribution in [0.15, 0.2) is 12.1 Å². The van der Waals surface area contributed by atoms with Gasteiger partial charge in [0, 0.05) is 37.8 Å². The molecule has 0 aromatic heterocycles. The number of anilines is 1. The number of hydrogen-bond acceptors (Lipinski definition) is 2. The third kappa shape index (κ3) is 2.64. The van der Waals surface area contributed by atoms with E-state index in [9.17, 15) is 13.2 Å². The molecule has 5 heteroatoms. The van der Waals surface area contributed by atoms with Crippen LogP contribution >= 0.6 is 0 Å². The van der Waals surface area contributed by atoms with Crippen molar-refractivity contribution < 1.29 is 13.2 Å². The van der Waals surface area contributed by atoms with Gasteiger partial charge >= 0.3 is 0 Å². The van der Waals surface area contributed by atoms with Crippen LogP contribution in [0.25, 0.3) is 0 Å². The summed E-state index contributed by atoms with van der Waals surface area (Å²) in [7, 11) is 0. The van der Waals surface area contributed by atoms with Crippen LogP contribution in [-0.4, -0.2) is 37.1 Å². The fraction of sp³-hybridized carbons (Fsp3) is 0.600. The molecule has 1 aromatic carbocycles. The molecule has 2 aliphatic heterocycles. The molecule has 0 saturated carbocycles. The standard InChI is InChI=1S/C15H19F3N2/c16-11-8-13(17)15(18)14(9-11)20-7-3-6-19-5-2-1-4-12(19)10-20/h8-9,12H,1-7,10H2. The number of benzene rings is 1. The highest BCUT2D eigenvalue weighted by molar-refractivity contribution is 5.49. The van der Waals surface area contributed by atoms with Crippen molar-refractivity contribution in [1.29, 1.82) is 0 Å². The summed E-state index contributed by atoms with van der Waals surface area (Å²) in [5.74, 6) is -2.76. The number of rotatable bonds is 1. The van der Waals surface area contributed by atoms with Crippen LogP contribution in [0, 0.1) is 17.5 Å². The van der Waals surface area contributed by atoms with E-state index in [-0.39, 0.29) is 5.69 Å². The van der Waals surface area contributed by atoms with Gasteiger partial charge in [-0.25, -0.2) is 13.2 Å². The Kier molecular flexibility index (Phi) is 3.87. The third-order valence-electron chi connectivity index (χ3n) is 4.37. The van der Waals surface area contributed by atoms with Crippen LogP contribution in [-0.2, 0) is 0 Å². The summed E-state index contributed by atoms with van der Waals surface area (Å²) in [6.07, 6.45) is 4.36. The largest absolute Gasteiger partial charge is 0.367 e. The van der Waals surface area contributed by atoms with E-state index in [1.54, 1.807) is 4.90 Å². The molecule has 20 heavy (non-hydrogen) atoms. The first-order valence-corrected chi connectivity index (χ1v) is 7.28. The van der Waals surface area contributed by atoms with E-state index in [4.69, 9.17) is 0 Å². The maximum absolute atomic E-state index is 13.9. The van der Waals surface area contributed by atoms with Crippen LogP contribution in [0.3, 0.4) is 0 Å². The topological polar surface area (TPSA) is 6.48 Å². The van der Waals surface area contributed by atoms with Gasteiger partial charge in [-0.05, 0) is 25.8 Å². The van der Waals surface area contributed by atoms with Crippen LogP contribution < -0.4 is 4.90 Å². The van der Waals surface area contributed by atoms with Crippen LogP contribution in [0.5, 0.6) is 0 Å². The van der Waals surface area contributed by atoms with Crippen molar-refractivity contribution in [3.63, 3.8) is 0 Å². The lowest BCUT2D eigenvalue weighted by Gasteiger charge is -2.35. The predicted octanol–water partition coefficient (Wildman–Crippen LogP) is 3.17. The smallest absolute Gasteiger partial charge is 0.182 e. The molecule has 0 N–H and O–H groups in total. The van der Waals surface area contributed by atoms with E-state index in [0.717, 1.165) is 32.0 Å². The van der Waals surface area contributed by atoms with Gasteiger partial charge in [-0.3, -0.25) is 4.90 Å². The minimum absolute atomic E-state index is 0.0647. The molecule has 0 amide bonds. The summed E-state index contributed by atoms with van der Waals surface area (Å²) in [5.41, 5.74) is 0.0647. The van der Waals surface area contributed by atoms with Gasteiger partial charge in [0.2, 0.25) is 0 Å². The van der Waals surface area contributed by atoms with E-state index >= 15 is 0 Å². The fourth-order valence-corrected chi connectivity index (χ4v) is 3.36. The number of hydrogen-bond donors (Lipinski definition) is 0. The Morgan fingerprint density at radius 2 is 1.75 bits per heavy atom. The lowest BCUT2D eigenvalue weighted by Crippen LogP contribution is -2.44. The van der Waals surface area contributed by atoms with Gasteiger partial charge in [0.25, 0.3) is 0 Å². The summed E-state index contributed by atoms with van der Waals surface area (Å²) in [5, 5.41) is 0. The molecule has 0 radical (unpaired) electrons. The van der Waals surface area contributed by atoms with E-state index in [0.29, 0.717) is 25.2 Å². The summed E-state index contributed by atoms with van der Waals surface area (Å²) in [6.45, 7) is 3.37. The van der Waals surface area contributed by atoms with Crippen molar-refractivity contribution in [2.75, 3.05) is 31.1 Å². The molecule has 1 atom stereocenters. The van der Waals surface area contributed by atoms with Crippen molar-refractivity contribution >= 4 is 5.69 Å². The molecule has 1 aromatic rings. The number of fused-ring (bicyclic) bond motifs is 1. The van der Waals surface area contributed by atoms with Crippen molar-refractivity contribution in [1.82, 2.24) is 4.90 Å². The molecular weight excluding hydrogens is 265 g/mol. The Morgan fingerprint density at radius 3 is 2.60 bits per heavy atom. The lowest BCUT2D eigenvalue weighted by atomic mass is 10.0. The Hall–Kier alpha value is -1.23. The van der Waals surface area contributed by atoms with Gasteiger partial charge in [0.15, 0.2) is 11.6 Å². The molecule has 2 heterocycles. The molecule has 2 aliphatic rings. The first-order chi connectivity index (χ1) is 9.65. The van der Waals surface area contributed by atoms with Crippen molar-refractivity contribution in [2.24, 2.45) is 0 Å². The first-order valence-electron chi connectivity index (χ1n) is 7.28. The minimum atomic E-state index is -1.11. The van der Waals surface area contributed by atoms with Gasteiger partial charge in [0.05, 0.1) is 5.69 Å². The molecule has 2 nitrogen and oxygen atoms in total. The number of nitrogens with zero attached hydrogens (tertiary/aromatic N) is 2. The van der Waals surface area contributed by atoms with Gasteiger partial charge in [-0.15, -0.1) is 0 Å². The van der Waals surface area contributed by atoms with Gasteiger partial charge in [-0.2, -0.15) is 0 Å². The van der Waals surface area contributed by atoms with Gasteiger partial charge in [-0.1, -0.05) is 6.42 Å². The Bertz CT molecular complexity index is 492. The number of piperidine rings is 1. The molecule has 0 spiro atoms. The highest BCUT2D eigenvalue weighted by Gasteiger charge is 2.28. The molecule has 0 aliphatic carbocycles. The second kappa shape index (κ2) is 5.64. The summed E-state index contributed by atoms with van der Waals surface area (Å²) >= 11 is 0. The Balaban J connectivity index is 1.86. The monoisotopic (exact) mass is 284 g/mol. The Morgan fingerprint density at radius 1 is 0.950 bits per heavy atom. The van der Waals surface area contributed by atoms with Crippen molar-refractivity contribution in [3.05, 3.63) is 29.6 Å². The second-order valence-electron chi connectivity index (χ2n) is 5.71. The van der Waals surface area contributed by atoms with E-state index in [1.807, 2.05) is 0 Å². The zero-order valence-electron chi connectivity index (χ0n) is 11.4. The molecule has 1 unspecified atom stereocenters. The first kappa shape index (κ1) is 13.7. The van der Waals surface area contributed by atoms with Crippen molar-refractivity contribution in [2.45, 2.75) is 31.7 Å². The summed E-state index contributed by atoms with van der Waals surface area (Å²) in [6, 6.07) is 2.08. The maximum atomic E-state index is 13.9. The summed E-state index contributed by atoms with van der Waals surface area (Å²) < 4.78 is 40.7. The lowest BCUT2D eigenvalue weighted by molar-refractivity contribution is 0.162. The van der Waals surface area contributed by atoms with Crippen LogP contribution in [0.1, 0.15) is 25.7 Å². The van der Waals surface area contributed by atoms with E-state index in [2.05, 4.69) is 4.90 Å². The SMILES string of the molecule is Fc1cc(F)c(F)c(N2CCCN3CCCCC3C2)c1. The normalized spacial score (nSPS) is 24.4. The zero-order chi connectivity index (χ0) is 14.1. The Labute approximate surface area is 117 Å². The predicted molar refractivity (Wildman–Crippen MR) is 72.4 cm³/mol. The number of halogens is 3. The molecule has 2 fully saturated rings. The zero-order valence-corrected chi connectivity index (χ0v) is 11.4. The molecule has 0 bridgehead atoms. The van der Waals surface area contributed by atoms with Crippen LogP contribution in [0.2, 0.25) is 0 Å². The van der Waals surface area contributed by atoms with Crippen molar-refractivity contribution in [3.8, 4) is 0 Å². The average Bonchev–Trinajstić information content (AvgIpc) is 2.64. The minimum Gasteiger partial charge on any atom is -0.367 e. The van der Waals surface area contributed by atoms with Gasteiger partial charge < -0.3 is 4.90 Å². The molecule has 110 valence electrons. The summed E-state index contributed by atoms with van der Waals surface area (Å²) in [4.78, 5) is 4.23. The van der Waals surface area contributed by atoms with E-state index < -0.39 is 17.5 Å². The molecule has 2 saturated heterocycles. The maximum Gasteiger partial charge on any atom is 0.182 e. The quantitative estimate of drug-likeness (QED) is 0.731. The van der Waals surface area contributed by atoms with Crippen LogP contribution in [0.4, 0.5) is 18.9 Å². The third-order valence-corrected chi connectivity index (χ3v) is 4.37. The second-order valence-corrected chi connectivity index (χ2v) is 5.71. The highest BCUT2D eigenvalue weighted by Crippen LogP contribution is 2.28. The molecule has 3 rings (SSSR count). The fourth-order valence-electron chi connectivity index (χ4n) is 3.36.